The summed E-state index contributed by atoms with van der Waals surface area (Å²) in [6.07, 6.45) is 0. The van der Waals surface area contributed by atoms with Gasteiger partial charge in [-0.15, -0.1) is 0 Å². The molecule has 3 rings (SSSR count). The zero-order valence-electron chi connectivity index (χ0n) is 16.3. The number of carbonyl (C=O) groups is 1. The van der Waals surface area contributed by atoms with Crippen LogP contribution in [0, 0.1) is 0 Å². The number of hydrogen-bond donors (Lipinski definition) is 2. The molecule has 6 heteroatoms. The molecule has 0 saturated carbocycles. The van der Waals surface area contributed by atoms with Crippen molar-refractivity contribution in [3.63, 3.8) is 0 Å². The lowest BCUT2D eigenvalue weighted by Crippen LogP contribution is -2.38. The van der Waals surface area contributed by atoms with E-state index in [1.165, 1.54) is 31.2 Å². The van der Waals surface area contributed by atoms with Crippen LogP contribution in [0.1, 0.15) is 29.8 Å². The third-order valence-corrected chi connectivity index (χ3v) is 6.21. The molecule has 150 valence electrons. The van der Waals surface area contributed by atoms with Crippen molar-refractivity contribution < 1.29 is 18.3 Å². The van der Waals surface area contributed by atoms with Gasteiger partial charge in [0.05, 0.1) is 4.90 Å². The van der Waals surface area contributed by atoms with Crippen LogP contribution in [0.25, 0.3) is 11.1 Å². The highest BCUT2D eigenvalue weighted by atomic mass is 32.2. The molecule has 1 unspecified atom stereocenters. The number of nitrogens with one attached hydrogen (secondary N) is 1. The summed E-state index contributed by atoms with van der Waals surface area (Å²) in [6.45, 7) is 2.79. The summed E-state index contributed by atoms with van der Waals surface area (Å²) in [5, 5.41) is 10.8. The first-order chi connectivity index (χ1) is 13.7. The molecule has 0 spiro atoms. The molecule has 2 N–H and O–H groups in total. The zero-order valence-corrected chi connectivity index (χ0v) is 17.1. The predicted octanol–water partition coefficient (Wildman–Crippen LogP) is 3.74. The largest absolute Gasteiger partial charge is 0.384 e. The van der Waals surface area contributed by atoms with Crippen molar-refractivity contribution in [2.75, 3.05) is 6.54 Å². The minimum absolute atomic E-state index is 0.0396. The van der Waals surface area contributed by atoms with E-state index >= 15 is 0 Å². The highest BCUT2D eigenvalue weighted by Crippen LogP contribution is 2.25. The van der Waals surface area contributed by atoms with E-state index in [0.717, 1.165) is 11.1 Å². The molecule has 0 bridgehead atoms. The third-order valence-electron chi connectivity index (χ3n) is 4.79. The zero-order chi connectivity index (χ0) is 21.1. The molecule has 5 nitrogen and oxygen atoms in total. The van der Waals surface area contributed by atoms with Gasteiger partial charge >= 0.3 is 0 Å². The van der Waals surface area contributed by atoms with Crippen LogP contribution in [-0.4, -0.2) is 25.9 Å². The minimum atomic E-state index is -3.82. The second-order valence-electron chi connectivity index (χ2n) is 7.12. The molecule has 0 aliphatic carbocycles. The molecule has 3 aromatic carbocycles. The lowest BCUT2D eigenvalue weighted by Gasteiger charge is -2.24. The fourth-order valence-electron chi connectivity index (χ4n) is 2.94. The quantitative estimate of drug-likeness (QED) is 0.582. The number of Topliss-reactive ketones (excluding diaryl/α,β-unsaturated/α-hetero) is 1. The Kier molecular flexibility index (Phi) is 5.98. The minimum Gasteiger partial charge on any atom is -0.384 e. The molecule has 1 atom stereocenters. The lowest BCUT2D eigenvalue weighted by molar-refractivity contribution is 0.0627. The Labute approximate surface area is 171 Å². The van der Waals surface area contributed by atoms with Crippen molar-refractivity contribution in [3.8, 4) is 11.1 Å². The summed E-state index contributed by atoms with van der Waals surface area (Å²) in [4.78, 5) is 11.4. The standard InChI is InChI=1S/C23H23NO4S/c1-17(25)18-10-14-22(15-11-18)29(27,28)24-16-23(2,26)21-12-8-20(9-13-21)19-6-4-3-5-7-19/h3-15,24,26H,16H2,1-2H3. The van der Waals surface area contributed by atoms with Gasteiger partial charge in [0.2, 0.25) is 10.0 Å². The van der Waals surface area contributed by atoms with E-state index in [4.69, 9.17) is 0 Å². The van der Waals surface area contributed by atoms with E-state index in [0.29, 0.717) is 11.1 Å². The Bertz CT molecular complexity index is 1090. The van der Waals surface area contributed by atoms with Gasteiger partial charge in [-0.1, -0.05) is 66.7 Å². The van der Waals surface area contributed by atoms with Crippen LogP contribution in [0.4, 0.5) is 0 Å². The van der Waals surface area contributed by atoms with Crippen LogP contribution in [0.15, 0.2) is 83.8 Å². The van der Waals surface area contributed by atoms with Crippen molar-refractivity contribution in [3.05, 3.63) is 90.0 Å². The molecule has 0 heterocycles. The van der Waals surface area contributed by atoms with Crippen molar-refractivity contribution in [2.24, 2.45) is 0 Å². The molecule has 0 aromatic heterocycles. The summed E-state index contributed by atoms with van der Waals surface area (Å²) >= 11 is 0. The highest BCUT2D eigenvalue weighted by molar-refractivity contribution is 7.89. The maximum absolute atomic E-state index is 12.5. The van der Waals surface area contributed by atoms with Crippen LogP contribution < -0.4 is 4.72 Å². The van der Waals surface area contributed by atoms with Gasteiger partial charge in [-0.2, -0.15) is 0 Å². The predicted molar refractivity (Wildman–Crippen MR) is 113 cm³/mol. The Balaban J connectivity index is 1.72. The molecule has 0 aliphatic rings. The number of carbonyl (C=O) groups excluding carboxylic acids is 1. The van der Waals surface area contributed by atoms with E-state index < -0.39 is 15.6 Å². The maximum Gasteiger partial charge on any atom is 0.240 e. The van der Waals surface area contributed by atoms with E-state index in [9.17, 15) is 18.3 Å². The average Bonchev–Trinajstić information content (AvgIpc) is 2.73. The molecule has 0 fully saturated rings. The topological polar surface area (TPSA) is 83.5 Å². The first-order valence-corrected chi connectivity index (χ1v) is 10.7. The van der Waals surface area contributed by atoms with Gasteiger partial charge in [-0.05, 0) is 42.7 Å². The van der Waals surface area contributed by atoms with Crippen LogP contribution in [0.5, 0.6) is 0 Å². The van der Waals surface area contributed by atoms with Crippen molar-refractivity contribution in [2.45, 2.75) is 24.3 Å². The Morgan fingerprint density at radius 3 is 2.00 bits per heavy atom. The number of benzene rings is 3. The molecule has 0 aliphatic heterocycles. The summed E-state index contributed by atoms with van der Waals surface area (Å²) in [5.41, 5.74) is 1.73. The SMILES string of the molecule is CC(=O)c1ccc(S(=O)(=O)NCC(C)(O)c2ccc(-c3ccccc3)cc2)cc1. The number of aliphatic hydroxyl groups is 1. The second-order valence-corrected chi connectivity index (χ2v) is 8.89. The first-order valence-electron chi connectivity index (χ1n) is 9.18. The average molecular weight is 410 g/mol. The summed E-state index contributed by atoms with van der Waals surface area (Å²) in [7, 11) is -3.82. The molecular formula is C23H23NO4S. The van der Waals surface area contributed by atoms with Gasteiger partial charge in [-0.25, -0.2) is 13.1 Å². The molecule has 0 amide bonds. The Morgan fingerprint density at radius 2 is 1.45 bits per heavy atom. The molecule has 29 heavy (non-hydrogen) atoms. The molecule has 0 saturated heterocycles. The number of ketones is 1. The van der Waals surface area contributed by atoms with Gasteiger partial charge in [0.25, 0.3) is 0 Å². The number of rotatable bonds is 7. The van der Waals surface area contributed by atoms with Crippen LogP contribution in [-0.2, 0) is 15.6 Å². The fraction of sp³-hybridized carbons (Fsp3) is 0.174. The fourth-order valence-corrected chi connectivity index (χ4v) is 4.07. The van der Waals surface area contributed by atoms with E-state index in [-0.39, 0.29) is 17.2 Å². The monoisotopic (exact) mass is 409 g/mol. The van der Waals surface area contributed by atoms with Crippen molar-refractivity contribution >= 4 is 15.8 Å². The van der Waals surface area contributed by atoms with E-state index in [2.05, 4.69) is 4.72 Å². The van der Waals surface area contributed by atoms with Gasteiger partial charge in [0.15, 0.2) is 5.78 Å². The summed E-state index contributed by atoms with van der Waals surface area (Å²) < 4.78 is 27.5. The molecular weight excluding hydrogens is 386 g/mol. The smallest absolute Gasteiger partial charge is 0.240 e. The van der Waals surface area contributed by atoms with Crippen LogP contribution in [0.3, 0.4) is 0 Å². The van der Waals surface area contributed by atoms with Gasteiger partial charge < -0.3 is 5.11 Å². The number of hydrogen-bond acceptors (Lipinski definition) is 4. The van der Waals surface area contributed by atoms with Gasteiger partial charge in [-0.3, -0.25) is 4.79 Å². The van der Waals surface area contributed by atoms with Crippen LogP contribution >= 0.6 is 0 Å². The van der Waals surface area contributed by atoms with Gasteiger partial charge in [0, 0.05) is 12.1 Å². The molecule has 0 radical (unpaired) electrons. The number of sulfonamides is 1. The Hall–Kier alpha value is -2.80. The van der Waals surface area contributed by atoms with E-state index in [1.807, 2.05) is 42.5 Å². The molecule has 3 aromatic rings. The third kappa shape index (κ3) is 4.98. The van der Waals surface area contributed by atoms with E-state index in [1.54, 1.807) is 19.1 Å². The first kappa shape index (κ1) is 20.9. The highest BCUT2D eigenvalue weighted by Gasteiger charge is 2.26. The van der Waals surface area contributed by atoms with Crippen LogP contribution in [0.2, 0.25) is 0 Å². The van der Waals surface area contributed by atoms with Gasteiger partial charge in [0.1, 0.15) is 5.60 Å². The summed E-state index contributed by atoms with van der Waals surface area (Å²) in [6, 6.07) is 22.9. The normalized spacial score (nSPS) is 13.6. The lowest BCUT2D eigenvalue weighted by atomic mass is 9.94. The second kappa shape index (κ2) is 8.29. The Morgan fingerprint density at radius 1 is 0.897 bits per heavy atom. The maximum atomic E-state index is 12.5. The van der Waals surface area contributed by atoms with Crippen molar-refractivity contribution in [1.82, 2.24) is 4.72 Å². The van der Waals surface area contributed by atoms with Crippen molar-refractivity contribution in [1.29, 1.82) is 0 Å². The summed E-state index contributed by atoms with van der Waals surface area (Å²) in [5.74, 6) is -0.135.